The maximum Gasteiger partial charge on any atom is 0.266 e. The number of aryl methyl sites for hydroxylation is 2. The van der Waals surface area contributed by atoms with E-state index in [4.69, 9.17) is 0 Å². The van der Waals surface area contributed by atoms with Crippen LogP contribution in [0.5, 0.6) is 0 Å². The number of benzene rings is 1. The first-order chi connectivity index (χ1) is 9.38. The lowest BCUT2D eigenvalue weighted by atomic mass is 10.4. The molecular weight excluding hydrogens is 283 g/mol. The van der Waals surface area contributed by atoms with Crippen molar-refractivity contribution in [3.63, 3.8) is 0 Å². The molecular formula is C13H13FN2O3S. The fraction of sp³-hybridized carbons (Fsp3) is 0.231. The molecule has 7 heteroatoms. The second-order valence-electron chi connectivity index (χ2n) is 4.31. The minimum absolute atomic E-state index is 0.0274. The molecule has 20 heavy (non-hydrogen) atoms. The fourth-order valence-corrected chi connectivity index (χ4v) is 2.88. The number of halogens is 1. The van der Waals surface area contributed by atoms with Crippen LogP contribution in [0.4, 0.5) is 4.39 Å². The Labute approximate surface area is 115 Å². The maximum atomic E-state index is 12.8. The van der Waals surface area contributed by atoms with Gasteiger partial charge in [0.2, 0.25) is 0 Å². The third kappa shape index (κ3) is 3.30. The Balaban J connectivity index is 2.19. The monoisotopic (exact) mass is 296 g/mol. The molecule has 1 aromatic carbocycles. The molecule has 2 rings (SSSR count). The van der Waals surface area contributed by atoms with Crippen molar-refractivity contribution in [2.75, 3.05) is 5.75 Å². The summed E-state index contributed by atoms with van der Waals surface area (Å²) in [5, 5.41) is 3.96. The fourth-order valence-electron chi connectivity index (χ4n) is 1.68. The summed E-state index contributed by atoms with van der Waals surface area (Å²) in [5.74, 6) is -0.768. The van der Waals surface area contributed by atoms with Crippen LogP contribution in [-0.4, -0.2) is 24.0 Å². The van der Waals surface area contributed by atoms with E-state index in [1.165, 1.54) is 18.2 Å². The van der Waals surface area contributed by atoms with Crippen molar-refractivity contribution < 1.29 is 12.8 Å². The molecule has 0 saturated carbocycles. The van der Waals surface area contributed by atoms with Gasteiger partial charge in [0.1, 0.15) is 5.82 Å². The highest BCUT2D eigenvalue weighted by molar-refractivity contribution is 7.91. The summed E-state index contributed by atoms with van der Waals surface area (Å²) in [4.78, 5) is 11.6. The van der Waals surface area contributed by atoms with E-state index in [2.05, 4.69) is 5.10 Å². The smallest absolute Gasteiger partial charge is 0.266 e. The molecule has 0 N–H and O–H groups in total. The first-order valence-corrected chi connectivity index (χ1v) is 7.57. The van der Waals surface area contributed by atoms with Gasteiger partial charge < -0.3 is 0 Å². The summed E-state index contributed by atoms with van der Waals surface area (Å²) < 4.78 is 38.0. The average molecular weight is 296 g/mol. The third-order valence-corrected chi connectivity index (χ3v) is 4.45. The van der Waals surface area contributed by atoms with Gasteiger partial charge in [0.05, 0.1) is 22.9 Å². The Hall–Kier alpha value is -2.02. The van der Waals surface area contributed by atoms with E-state index in [0.29, 0.717) is 5.69 Å². The molecule has 0 unspecified atom stereocenters. The lowest BCUT2D eigenvalue weighted by Crippen LogP contribution is -2.26. The van der Waals surface area contributed by atoms with Gasteiger partial charge in [-0.05, 0) is 37.3 Å². The number of rotatable bonds is 4. The molecule has 2 aromatic rings. The Morgan fingerprint density at radius 2 is 1.80 bits per heavy atom. The van der Waals surface area contributed by atoms with Crippen LogP contribution in [-0.2, 0) is 16.4 Å². The van der Waals surface area contributed by atoms with Crippen molar-refractivity contribution in [3.8, 4) is 0 Å². The Morgan fingerprint density at radius 1 is 1.15 bits per heavy atom. The lowest BCUT2D eigenvalue weighted by molar-refractivity contribution is 0.567. The Kier molecular flexibility index (Phi) is 3.99. The van der Waals surface area contributed by atoms with Gasteiger partial charge in [0, 0.05) is 6.07 Å². The largest absolute Gasteiger partial charge is 0.268 e. The van der Waals surface area contributed by atoms with Crippen LogP contribution in [0.15, 0.2) is 46.1 Å². The van der Waals surface area contributed by atoms with E-state index in [9.17, 15) is 17.6 Å². The molecule has 0 fully saturated rings. The van der Waals surface area contributed by atoms with E-state index in [-0.39, 0.29) is 22.8 Å². The van der Waals surface area contributed by atoms with Gasteiger partial charge in [-0.3, -0.25) is 4.79 Å². The summed E-state index contributed by atoms with van der Waals surface area (Å²) in [6.45, 7) is 1.67. The van der Waals surface area contributed by atoms with Gasteiger partial charge in [-0.15, -0.1) is 0 Å². The Morgan fingerprint density at radius 3 is 2.45 bits per heavy atom. The van der Waals surface area contributed by atoms with Crippen LogP contribution in [0.25, 0.3) is 0 Å². The van der Waals surface area contributed by atoms with Gasteiger partial charge in [-0.1, -0.05) is 0 Å². The first-order valence-electron chi connectivity index (χ1n) is 5.91. The molecule has 1 heterocycles. The van der Waals surface area contributed by atoms with Crippen molar-refractivity contribution in [1.29, 1.82) is 0 Å². The van der Waals surface area contributed by atoms with Crippen molar-refractivity contribution in [3.05, 3.63) is 58.3 Å². The highest BCUT2D eigenvalue weighted by atomic mass is 32.2. The lowest BCUT2D eigenvalue weighted by Gasteiger charge is -2.06. The normalized spacial score (nSPS) is 11.5. The summed E-state index contributed by atoms with van der Waals surface area (Å²) in [6, 6.07) is 7.49. The molecule has 1 aromatic heterocycles. The highest BCUT2D eigenvalue weighted by Gasteiger charge is 2.15. The van der Waals surface area contributed by atoms with Crippen molar-refractivity contribution >= 4 is 9.84 Å². The van der Waals surface area contributed by atoms with E-state index in [1.54, 1.807) is 13.0 Å². The molecule has 0 saturated heterocycles. The minimum Gasteiger partial charge on any atom is -0.268 e. The molecule has 0 amide bonds. The molecule has 0 radical (unpaired) electrons. The van der Waals surface area contributed by atoms with Gasteiger partial charge in [0.15, 0.2) is 9.84 Å². The zero-order chi connectivity index (χ0) is 14.8. The molecule has 5 nitrogen and oxygen atoms in total. The first kappa shape index (κ1) is 14.4. The van der Waals surface area contributed by atoms with E-state index in [0.717, 1.165) is 16.8 Å². The van der Waals surface area contributed by atoms with Gasteiger partial charge in [-0.25, -0.2) is 17.5 Å². The van der Waals surface area contributed by atoms with Crippen LogP contribution >= 0.6 is 0 Å². The number of aromatic nitrogens is 2. The molecule has 0 aliphatic rings. The molecule has 0 aliphatic heterocycles. The standard InChI is InChI=1S/C13H13FN2O3S/c1-10-2-7-13(17)16(15-10)8-9-20(18,19)12-5-3-11(14)4-6-12/h2-7H,8-9H2,1H3. The van der Waals surface area contributed by atoms with Crippen LogP contribution in [0, 0.1) is 12.7 Å². The summed E-state index contributed by atoms with van der Waals surface area (Å²) in [5.41, 5.74) is 0.272. The van der Waals surface area contributed by atoms with Crippen LogP contribution in [0.2, 0.25) is 0 Å². The molecule has 0 bridgehead atoms. The van der Waals surface area contributed by atoms with Gasteiger partial charge >= 0.3 is 0 Å². The second kappa shape index (κ2) is 5.54. The molecule has 0 aliphatic carbocycles. The number of sulfone groups is 1. The predicted molar refractivity (Wildman–Crippen MR) is 71.7 cm³/mol. The number of hydrogen-bond donors (Lipinski definition) is 0. The van der Waals surface area contributed by atoms with E-state index >= 15 is 0 Å². The third-order valence-electron chi connectivity index (χ3n) is 2.74. The average Bonchev–Trinajstić information content (AvgIpc) is 2.40. The quantitative estimate of drug-likeness (QED) is 0.794. The number of hydrogen-bond acceptors (Lipinski definition) is 4. The van der Waals surface area contributed by atoms with Crippen LogP contribution in [0.3, 0.4) is 0 Å². The van der Waals surface area contributed by atoms with E-state index < -0.39 is 15.7 Å². The van der Waals surface area contributed by atoms with Crippen LogP contribution < -0.4 is 5.56 Å². The zero-order valence-corrected chi connectivity index (χ0v) is 11.6. The minimum atomic E-state index is -3.57. The van der Waals surface area contributed by atoms with Gasteiger partial charge in [0.25, 0.3) is 5.56 Å². The molecule has 106 valence electrons. The summed E-state index contributed by atoms with van der Waals surface area (Å²) in [6.07, 6.45) is 0. The van der Waals surface area contributed by atoms with Crippen molar-refractivity contribution in [1.82, 2.24) is 9.78 Å². The second-order valence-corrected chi connectivity index (χ2v) is 6.42. The molecule has 0 spiro atoms. The summed E-state index contributed by atoms with van der Waals surface area (Å²) in [7, 11) is -3.57. The maximum absolute atomic E-state index is 12.8. The van der Waals surface area contributed by atoms with Gasteiger partial charge in [-0.2, -0.15) is 5.10 Å². The molecule has 0 atom stereocenters. The van der Waals surface area contributed by atoms with E-state index in [1.807, 2.05) is 0 Å². The topological polar surface area (TPSA) is 69.0 Å². The van der Waals surface area contributed by atoms with Crippen molar-refractivity contribution in [2.45, 2.75) is 18.4 Å². The highest BCUT2D eigenvalue weighted by Crippen LogP contribution is 2.11. The predicted octanol–water partition coefficient (Wildman–Crippen LogP) is 1.16. The van der Waals surface area contributed by atoms with Crippen LogP contribution in [0.1, 0.15) is 5.69 Å². The summed E-state index contributed by atoms with van der Waals surface area (Å²) >= 11 is 0. The number of nitrogens with zero attached hydrogens (tertiary/aromatic N) is 2. The zero-order valence-electron chi connectivity index (χ0n) is 10.8. The SMILES string of the molecule is Cc1ccc(=O)n(CCS(=O)(=O)c2ccc(F)cc2)n1. The Bertz CT molecular complexity index is 767. The van der Waals surface area contributed by atoms with Crippen molar-refractivity contribution in [2.24, 2.45) is 0 Å².